The Morgan fingerprint density at radius 1 is 1.46 bits per heavy atom. The molecule has 0 spiro atoms. The van der Waals surface area contributed by atoms with Crippen LogP contribution in [0, 0.1) is 6.92 Å². The van der Waals surface area contributed by atoms with Crippen LogP contribution >= 0.6 is 22.9 Å². The smallest absolute Gasteiger partial charge is 0.255 e. The Bertz CT molecular complexity index is 807. The summed E-state index contributed by atoms with van der Waals surface area (Å²) in [6.45, 7) is 2.23. The van der Waals surface area contributed by atoms with Crippen molar-refractivity contribution < 1.29 is 17.7 Å². The second-order valence-electron chi connectivity index (χ2n) is 5.64. The molecule has 1 aliphatic heterocycles. The van der Waals surface area contributed by atoms with E-state index in [9.17, 15) is 8.42 Å². The lowest BCUT2D eigenvalue weighted by molar-refractivity contribution is 0.0173. The van der Waals surface area contributed by atoms with Gasteiger partial charge in [0.15, 0.2) is 10.3 Å². The number of nitrogens with zero attached hydrogens (tertiary/aromatic N) is 4. The zero-order chi connectivity index (χ0) is 17.3. The first kappa shape index (κ1) is 17.7. The molecule has 2 aromatic rings. The zero-order valence-electron chi connectivity index (χ0n) is 13.2. The third-order valence-corrected chi connectivity index (χ3v) is 5.98. The van der Waals surface area contributed by atoms with E-state index in [-0.39, 0.29) is 25.3 Å². The maximum absolute atomic E-state index is 12.1. The number of aryl methyl sites for hydroxylation is 1. The molecule has 0 aliphatic carbocycles. The summed E-state index contributed by atoms with van der Waals surface area (Å²) in [5.74, 6) is 0.993. The quantitative estimate of drug-likeness (QED) is 0.742. The van der Waals surface area contributed by atoms with E-state index in [1.54, 1.807) is 13.1 Å². The average Bonchev–Trinajstić information content (AvgIpc) is 3.19. The molecule has 0 radical (unpaired) electrons. The van der Waals surface area contributed by atoms with Gasteiger partial charge in [0.1, 0.15) is 6.10 Å². The molecule has 0 bridgehead atoms. The number of ether oxygens (including phenoxy) is 1. The number of sulfonamides is 1. The van der Waals surface area contributed by atoms with E-state index in [0.717, 1.165) is 17.7 Å². The average molecular weight is 393 g/mol. The molecule has 1 aliphatic rings. The molecular formula is C13H17ClN4O4S2. The van der Waals surface area contributed by atoms with Crippen LogP contribution < -0.4 is 0 Å². The molecule has 0 aromatic carbocycles. The van der Waals surface area contributed by atoms with Crippen LogP contribution in [-0.2, 0) is 21.3 Å². The topological polar surface area (TPSA) is 98.4 Å². The zero-order valence-corrected chi connectivity index (χ0v) is 15.6. The van der Waals surface area contributed by atoms with Gasteiger partial charge in [-0.05, 0) is 19.8 Å². The van der Waals surface area contributed by atoms with Crippen molar-refractivity contribution in [3.05, 3.63) is 27.3 Å². The summed E-state index contributed by atoms with van der Waals surface area (Å²) in [5.41, 5.74) is 0. The van der Waals surface area contributed by atoms with Crippen LogP contribution in [0.3, 0.4) is 0 Å². The fraction of sp³-hybridized carbons (Fsp3) is 0.615. The number of halogens is 1. The van der Waals surface area contributed by atoms with E-state index >= 15 is 0 Å². The van der Waals surface area contributed by atoms with Crippen LogP contribution in [-0.4, -0.2) is 46.8 Å². The van der Waals surface area contributed by atoms with Crippen LogP contribution in [0.15, 0.2) is 10.7 Å². The van der Waals surface area contributed by atoms with Crippen LogP contribution in [0.2, 0.25) is 4.47 Å². The molecule has 0 saturated carbocycles. The molecule has 1 saturated heterocycles. The van der Waals surface area contributed by atoms with Crippen molar-refractivity contribution in [2.75, 3.05) is 12.8 Å². The van der Waals surface area contributed by atoms with Gasteiger partial charge in [0.05, 0.1) is 12.4 Å². The van der Waals surface area contributed by atoms with Gasteiger partial charge in [-0.25, -0.2) is 13.4 Å². The highest BCUT2D eigenvalue weighted by molar-refractivity contribution is 7.88. The first-order valence-electron chi connectivity index (χ1n) is 7.32. The molecule has 3 heterocycles. The monoisotopic (exact) mass is 392 g/mol. The largest absolute Gasteiger partial charge is 0.364 e. The number of hydrogen-bond acceptors (Lipinski definition) is 8. The maximum atomic E-state index is 12.1. The second kappa shape index (κ2) is 7.04. The van der Waals surface area contributed by atoms with Gasteiger partial charge in [0, 0.05) is 24.2 Å². The lowest BCUT2D eigenvalue weighted by Gasteiger charge is -2.22. The molecule has 132 valence electrons. The van der Waals surface area contributed by atoms with Gasteiger partial charge in [-0.15, -0.1) is 11.3 Å². The Balaban J connectivity index is 1.65. The van der Waals surface area contributed by atoms with Crippen molar-refractivity contribution in [3.8, 4) is 0 Å². The normalized spacial score (nSPS) is 21.7. The molecule has 1 fully saturated rings. The number of thiazole rings is 1. The van der Waals surface area contributed by atoms with E-state index in [4.69, 9.17) is 20.9 Å². The fourth-order valence-corrected chi connectivity index (χ4v) is 4.43. The molecule has 0 unspecified atom stereocenters. The maximum Gasteiger partial charge on any atom is 0.255 e. The highest BCUT2D eigenvalue weighted by Gasteiger charge is 2.33. The highest BCUT2D eigenvalue weighted by Crippen LogP contribution is 2.32. The first-order chi connectivity index (χ1) is 11.3. The summed E-state index contributed by atoms with van der Waals surface area (Å²) in [6.07, 6.45) is 3.71. The van der Waals surface area contributed by atoms with Gasteiger partial charge < -0.3 is 9.26 Å². The van der Waals surface area contributed by atoms with Crippen molar-refractivity contribution in [2.45, 2.75) is 38.5 Å². The van der Waals surface area contributed by atoms with Crippen molar-refractivity contribution in [1.82, 2.24) is 19.4 Å². The predicted molar refractivity (Wildman–Crippen MR) is 88.3 cm³/mol. The minimum atomic E-state index is -3.38. The van der Waals surface area contributed by atoms with Gasteiger partial charge in [-0.3, -0.25) is 0 Å². The third-order valence-electron chi connectivity index (χ3n) is 3.66. The first-order valence-corrected chi connectivity index (χ1v) is 10.4. The highest BCUT2D eigenvalue weighted by atomic mass is 35.5. The van der Waals surface area contributed by atoms with E-state index in [1.165, 1.54) is 21.9 Å². The molecule has 2 aromatic heterocycles. The molecule has 8 nitrogen and oxygen atoms in total. The fourth-order valence-electron chi connectivity index (χ4n) is 2.54. The molecule has 0 amide bonds. The molecule has 2 atom stereocenters. The minimum absolute atomic E-state index is 0.222. The van der Waals surface area contributed by atoms with Crippen LogP contribution in [0.25, 0.3) is 0 Å². The standard InChI is InChI=1S/C13H17ClN4O4S2/c1-8-16-12(22-17-8)11-4-3-9(21-11)6-18(24(2,19)20)7-10-5-15-13(14)23-10/h5,9,11H,3-4,6-7H2,1-2H3/t9-,11+/m1/s1. The Hall–Kier alpha value is -1.07. The van der Waals surface area contributed by atoms with Crippen molar-refractivity contribution in [3.63, 3.8) is 0 Å². The molecule has 3 rings (SSSR count). The van der Waals surface area contributed by atoms with Gasteiger partial charge in [-0.1, -0.05) is 16.8 Å². The molecular weight excluding hydrogens is 376 g/mol. The second-order valence-corrected chi connectivity index (χ2v) is 9.32. The van der Waals surface area contributed by atoms with Gasteiger partial charge in [-0.2, -0.15) is 9.29 Å². The van der Waals surface area contributed by atoms with E-state index in [0.29, 0.717) is 16.2 Å². The Kier molecular flexibility index (Phi) is 5.21. The summed E-state index contributed by atoms with van der Waals surface area (Å²) in [5, 5.41) is 3.75. The molecule has 24 heavy (non-hydrogen) atoms. The lowest BCUT2D eigenvalue weighted by Crippen LogP contribution is -2.36. The van der Waals surface area contributed by atoms with Crippen LogP contribution in [0.1, 0.15) is 35.5 Å². The van der Waals surface area contributed by atoms with Crippen molar-refractivity contribution >= 4 is 33.0 Å². The number of hydrogen-bond donors (Lipinski definition) is 0. The van der Waals surface area contributed by atoms with Gasteiger partial charge in [0.25, 0.3) is 5.89 Å². The van der Waals surface area contributed by atoms with Crippen molar-refractivity contribution in [1.29, 1.82) is 0 Å². The lowest BCUT2D eigenvalue weighted by atomic mass is 10.2. The van der Waals surface area contributed by atoms with E-state index < -0.39 is 10.0 Å². The van der Waals surface area contributed by atoms with Crippen LogP contribution in [0.4, 0.5) is 0 Å². The summed E-state index contributed by atoms with van der Waals surface area (Å²) in [4.78, 5) is 8.90. The summed E-state index contributed by atoms with van der Waals surface area (Å²) in [6, 6.07) is 0. The molecule has 11 heteroatoms. The van der Waals surface area contributed by atoms with Gasteiger partial charge in [0.2, 0.25) is 10.0 Å². The molecule has 0 N–H and O–H groups in total. The van der Waals surface area contributed by atoms with E-state index in [1.807, 2.05) is 0 Å². The van der Waals surface area contributed by atoms with E-state index in [2.05, 4.69) is 15.1 Å². The SMILES string of the molecule is Cc1noc([C@@H]2CC[C@H](CN(Cc3cnc(Cl)s3)S(C)(=O)=O)O2)n1. The Labute approximate surface area is 148 Å². The number of rotatable bonds is 6. The van der Waals surface area contributed by atoms with Crippen molar-refractivity contribution in [2.24, 2.45) is 0 Å². The van der Waals surface area contributed by atoms with Gasteiger partial charge >= 0.3 is 0 Å². The summed E-state index contributed by atoms with van der Waals surface area (Å²) in [7, 11) is -3.38. The van der Waals surface area contributed by atoms with Crippen LogP contribution in [0.5, 0.6) is 0 Å². The Morgan fingerprint density at radius 2 is 2.25 bits per heavy atom. The number of aromatic nitrogens is 3. The minimum Gasteiger partial charge on any atom is -0.364 e. The summed E-state index contributed by atoms with van der Waals surface area (Å²) < 4.78 is 36.9. The summed E-state index contributed by atoms with van der Waals surface area (Å²) >= 11 is 7.07. The third kappa shape index (κ3) is 4.31. The predicted octanol–water partition coefficient (Wildman–Crippen LogP) is 2.17. The Morgan fingerprint density at radius 3 is 2.83 bits per heavy atom.